The Morgan fingerprint density at radius 1 is 1.23 bits per heavy atom. The summed E-state index contributed by atoms with van der Waals surface area (Å²) >= 11 is 0. The Morgan fingerprint density at radius 3 is 2.41 bits per heavy atom. The van der Waals surface area contributed by atoms with Crippen molar-refractivity contribution in [3.05, 3.63) is 23.8 Å². The van der Waals surface area contributed by atoms with Gasteiger partial charge < -0.3 is 20.1 Å². The Labute approximate surface area is 132 Å². The lowest BCUT2D eigenvalue weighted by molar-refractivity contribution is 0.197. The van der Waals surface area contributed by atoms with Crippen LogP contribution in [-0.2, 0) is 9.47 Å². The zero-order chi connectivity index (χ0) is 16.2. The number of aromatic nitrogens is 1. The van der Waals surface area contributed by atoms with E-state index in [9.17, 15) is 5.26 Å². The molecule has 1 heterocycles. The lowest BCUT2D eigenvalue weighted by Crippen LogP contribution is -2.11. The summed E-state index contributed by atoms with van der Waals surface area (Å²) in [5.74, 6) is 1.30. The van der Waals surface area contributed by atoms with Crippen LogP contribution in [0.25, 0.3) is 6.08 Å². The summed E-state index contributed by atoms with van der Waals surface area (Å²) in [6.07, 6.45) is 3.40. The molecule has 0 aliphatic heterocycles. The van der Waals surface area contributed by atoms with Crippen LogP contribution in [0.2, 0.25) is 0 Å². The van der Waals surface area contributed by atoms with E-state index in [1.54, 1.807) is 20.3 Å². The molecule has 0 unspecified atom stereocenters. The van der Waals surface area contributed by atoms with Crippen LogP contribution in [0.1, 0.15) is 24.0 Å². The van der Waals surface area contributed by atoms with Gasteiger partial charge in [-0.2, -0.15) is 5.26 Å². The van der Waals surface area contributed by atoms with E-state index in [0.29, 0.717) is 31.1 Å². The van der Waals surface area contributed by atoms with Crippen molar-refractivity contribution < 1.29 is 9.47 Å². The second-order valence-corrected chi connectivity index (χ2v) is 4.68. The van der Waals surface area contributed by atoms with Crippen molar-refractivity contribution in [2.24, 2.45) is 0 Å². The molecule has 0 spiro atoms. The molecule has 0 amide bonds. The number of rotatable bonds is 11. The number of ether oxygens (including phenoxy) is 2. The van der Waals surface area contributed by atoms with Crippen LogP contribution >= 0.6 is 0 Å². The number of nitrogens with zero attached hydrogens (tertiary/aromatic N) is 2. The number of anilines is 2. The Bertz CT molecular complexity index is 512. The Hall–Kier alpha value is -2.10. The first-order valence-electron chi connectivity index (χ1n) is 7.30. The summed E-state index contributed by atoms with van der Waals surface area (Å²) in [6, 6.07) is 4.02. The molecule has 0 saturated heterocycles. The van der Waals surface area contributed by atoms with Gasteiger partial charge in [-0.3, -0.25) is 0 Å². The van der Waals surface area contributed by atoms with Crippen molar-refractivity contribution in [2.45, 2.75) is 12.8 Å². The average molecular weight is 304 g/mol. The zero-order valence-corrected chi connectivity index (χ0v) is 13.3. The number of methoxy groups -OCH3 is 2. The monoisotopic (exact) mass is 304 g/mol. The molecule has 1 aromatic heterocycles. The summed E-state index contributed by atoms with van der Waals surface area (Å²) < 4.78 is 10.0. The second kappa shape index (κ2) is 10.6. The van der Waals surface area contributed by atoms with Crippen molar-refractivity contribution in [3.8, 4) is 6.07 Å². The van der Waals surface area contributed by atoms with Crippen LogP contribution in [0.15, 0.2) is 12.6 Å². The fourth-order valence-corrected chi connectivity index (χ4v) is 1.92. The SMILES string of the molecule is C=Cc1cc(NCCCOC)nc(NCCCOC)c1C#N. The van der Waals surface area contributed by atoms with Crippen LogP contribution in [-0.4, -0.2) is 45.5 Å². The first-order chi connectivity index (χ1) is 10.8. The molecule has 0 aliphatic carbocycles. The van der Waals surface area contributed by atoms with Gasteiger partial charge in [-0.25, -0.2) is 4.98 Å². The van der Waals surface area contributed by atoms with Crippen LogP contribution < -0.4 is 10.6 Å². The topological polar surface area (TPSA) is 79.2 Å². The van der Waals surface area contributed by atoms with Gasteiger partial charge in [0.1, 0.15) is 23.3 Å². The van der Waals surface area contributed by atoms with Gasteiger partial charge in [-0.1, -0.05) is 12.7 Å². The van der Waals surface area contributed by atoms with Gasteiger partial charge in [0.25, 0.3) is 0 Å². The summed E-state index contributed by atoms with van der Waals surface area (Å²) in [5, 5.41) is 15.8. The highest BCUT2D eigenvalue weighted by molar-refractivity contribution is 5.69. The van der Waals surface area contributed by atoms with Gasteiger partial charge in [0.05, 0.1) is 0 Å². The maximum Gasteiger partial charge on any atom is 0.147 e. The summed E-state index contributed by atoms with van der Waals surface area (Å²) in [5.41, 5.74) is 1.27. The van der Waals surface area contributed by atoms with Crippen molar-refractivity contribution >= 4 is 17.7 Å². The predicted octanol–water partition coefficient (Wildman–Crippen LogP) is 2.49. The molecule has 22 heavy (non-hydrogen) atoms. The highest BCUT2D eigenvalue weighted by Crippen LogP contribution is 2.22. The molecule has 0 aliphatic rings. The highest BCUT2D eigenvalue weighted by atomic mass is 16.5. The standard InChI is InChI=1S/C16H24N4O2/c1-4-13-11-15(18-7-5-9-21-2)20-16(14(13)12-17)19-8-6-10-22-3/h4,11H,1,5-10H2,2-3H3,(H2,18,19,20). The third kappa shape index (κ3) is 5.72. The molecule has 120 valence electrons. The molecule has 0 radical (unpaired) electrons. The number of nitriles is 1. The summed E-state index contributed by atoms with van der Waals surface area (Å²) in [6.45, 7) is 6.58. The highest BCUT2D eigenvalue weighted by Gasteiger charge is 2.10. The number of hydrogen-bond acceptors (Lipinski definition) is 6. The lowest BCUT2D eigenvalue weighted by Gasteiger charge is -2.13. The minimum Gasteiger partial charge on any atom is -0.385 e. The molecule has 0 atom stereocenters. The van der Waals surface area contributed by atoms with Gasteiger partial charge in [-0.05, 0) is 24.5 Å². The Balaban J connectivity index is 2.81. The van der Waals surface area contributed by atoms with E-state index in [1.807, 2.05) is 6.07 Å². The molecule has 0 aromatic carbocycles. The molecule has 0 fully saturated rings. The quantitative estimate of drug-likeness (QED) is 0.611. The van der Waals surface area contributed by atoms with Crippen molar-refractivity contribution in [2.75, 3.05) is 51.2 Å². The van der Waals surface area contributed by atoms with Gasteiger partial charge >= 0.3 is 0 Å². The van der Waals surface area contributed by atoms with Crippen LogP contribution in [0, 0.1) is 11.3 Å². The smallest absolute Gasteiger partial charge is 0.147 e. The van der Waals surface area contributed by atoms with E-state index in [0.717, 1.165) is 30.8 Å². The predicted molar refractivity (Wildman–Crippen MR) is 89.0 cm³/mol. The maximum absolute atomic E-state index is 9.33. The molecule has 6 nitrogen and oxygen atoms in total. The van der Waals surface area contributed by atoms with Gasteiger partial charge in [0.15, 0.2) is 0 Å². The third-order valence-electron chi connectivity index (χ3n) is 3.03. The Kier molecular flexibility index (Phi) is 8.65. The van der Waals surface area contributed by atoms with E-state index in [-0.39, 0.29) is 0 Å². The van der Waals surface area contributed by atoms with E-state index >= 15 is 0 Å². The van der Waals surface area contributed by atoms with Gasteiger partial charge in [0.2, 0.25) is 0 Å². The van der Waals surface area contributed by atoms with Crippen LogP contribution in [0.4, 0.5) is 11.6 Å². The fourth-order valence-electron chi connectivity index (χ4n) is 1.92. The molecule has 1 aromatic rings. The molecule has 1 rings (SSSR count). The van der Waals surface area contributed by atoms with Gasteiger partial charge in [-0.15, -0.1) is 0 Å². The van der Waals surface area contributed by atoms with E-state index in [2.05, 4.69) is 28.3 Å². The minimum atomic E-state index is 0.509. The van der Waals surface area contributed by atoms with Crippen LogP contribution in [0.5, 0.6) is 0 Å². The third-order valence-corrected chi connectivity index (χ3v) is 3.03. The molecular formula is C16H24N4O2. The lowest BCUT2D eigenvalue weighted by atomic mass is 10.1. The van der Waals surface area contributed by atoms with E-state index < -0.39 is 0 Å². The van der Waals surface area contributed by atoms with Gasteiger partial charge in [0, 0.05) is 40.5 Å². The normalized spacial score (nSPS) is 10.0. The molecule has 0 saturated carbocycles. The van der Waals surface area contributed by atoms with Crippen LogP contribution in [0.3, 0.4) is 0 Å². The molecule has 0 bridgehead atoms. The average Bonchev–Trinajstić information content (AvgIpc) is 2.55. The number of hydrogen-bond donors (Lipinski definition) is 2. The number of pyridine rings is 1. The summed E-state index contributed by atoms with van der Waals surface area (Å²) in [4.78, 5) is 4.47. The zero-order valence-electron chi connectivity index (χ0n) is 13.3. The Morgan fingerprint density at radius 2 is 1.86 bits per heavy atom. The second-order valence-electron chi connectivity index (χ2n) is 4.68. The summed E-state index contributed by atoms with van der Waals surface area (Å²) in [7, 11) is 3.34. The van der Waals surface area contributed by atoms with Crippen molar-refractivity contribution in [3.63, 3.8) is 0 Å². The fraction of sp³-hybridized carbons (Fsp3) is 0.500. The largest absolute Gasteiger partial charge is 0.385 e. The van der Waals surface area contributed by atoms with Crippen molar-refractivity contribution in [1.29, 1.82) is 5.26 Å². The first-order valence-corrected chi connectivity index (χ1v) is 7.30. The molecule has 6 heteroatoms. The first kappa shape index (κ1) is 18.0. The minimum absolute atomic E-state index is 0.509. The molecular weight excluding hydrogens is 280 g/mol. The van der Waals surface area contributed by atoms with E-state index in [1.165, 1.54) is 0 Å². The molecule has 2 N–H and O–H groups in total. The van der Waals surface area contributed by atoms with E-state index in [4.69, 9.17) is 9.47 Å². The maximum atomic E-state index is 9.33. The number of nitrogens with one attached hydrogen (secondary N) is 2. The van der Waals surface area contributed by atoms with Crippen molar-refractivity contribution in [1.82, 2.24) is 4.98 Å².